The molecule has 0 N–H and O–H groups in total. The van der Waals surface area contributed by atoms with E-state index in [0.717, 1.165) is 6.42 Å². The van der Waals surface area contributed by atoms with Crippen LogP contribution in [0, 0.1) is 0 Å². The van der Waals surface area contributed by atoms with Crippen molar-refractivity contribution in [3.63, 3.8) is 0 Å². The molecule has 0 radical (unpaired) electrons. The van der Waals surface area contributed by atoms with E-state index >= 15 is 0 Å². The fraction of sp³-hybridized carbons (Fsp3) is 0.100. The molecule has 3 aromatic rings. The molecule has 0 fully saturated rings. The smallest absolute Gasteiger partial charge is 0.00990 e. The van der Waals surface area contributed by atoms with Crippen LogP contribution in [0.4, 0.5) is 0 Å². The summed E-state index contributed by atoms with van der Waals surface area (Å²) in [6.07, 6.45) is 7.96. The Bertz CT molecular complexity index is 879. The van der Waals surface area contributed by atoms with E-state index in [0.29, 0.717) is 0 Å². The quantitative estimate of drug-likeness (QED) is 0.445. The molecule has 1 aliphatic rings. The Morgan fingerprint density at radius 2 is 1.25 bits per heavy atom. The minimum Gasteiger partial charge on any atom is -0.0798 e. The van der Waals surface area contributed by atoms with Crippen molar-refractivity contribution in [2.75, 3.05) is 0 Å². The van der Waals surface area contributed by atoms with E-state index < -0.39 is 0 Å². The highest BCUT2D eigenvalue weighted by atomic mass is 14.2. The zero-order valence-electron chi connectivity index (χ0n) is 11.6. The van der Waals surface area contributed by atoms with Gasteiger partial charge in [0.2, 0.25) is 0 Å². The summed E-state index contributed by atoms with van der Waals surface area (Å²) in [5.41, 5.74) is 4.14. The van der Waals surface area contributed by atoms with Crippen LogP contribution < -0.4 is 0 Å². The van der Waals surface area contributed by atoms with Crippen LogP contribution in [0.3, 0.4) is 0 Å². The predicted octanol–water partition coefficient (Wildman–Crippen LogP) is 5.81. The largest absolute Gasteiger partial charge is 0.0798 e. The Morgan fingerprint density at radius 3 is 1.90 bits per heavy atom. The number of rotatable bonds is 0. The fourth-order valence-electron chi connectivity index (χ4n) is 3.20. The molecule has 20 heavy (non-hydrogen) atoms. The summed E-state index contributed by atoms with van der Waals surface area (Å²) in [5, 5.41) is 5.40. The average molecular weight is 256 g/mol. The van der Waals surface area contributed by atoms with Crippen molar-refractivity contribution >= 4 is 33.7 Å². The first-order valence-corrected chi connectivity index (χ1v) is 7.12. The SMILES string of the molecule is CC1=Cc2c(c3ccccc3c3ccccc23)C=CC1. The van der Waals surface area contributed by atoms with Crippen LogP contribution in [0.15, 0.2) is 60.2 Å². The third-order valence-electron chi connectivity index (χ3n) is 4.13. The van der Waals surface area contributed by atoms with Crippen molar-refractivity contribution in [3.05, 3.63) is 71.3 Å². The Hall–Kier alpha value is -2.34. The minimum atomic E-state index is 1.04. The van der Waals surface area contributed by atoms with Crippen LogP contribution in [0.1, 0.15) is 24.5 Å². The van der Waals surface area contributed by atoms with E-state index in [4.69, 9.17) is 0 Å². The van der Waals surface area contributed by atoms with E-state index in [9.17, 15) is 0 Å². The van der Waals surface area contributed by atoms with Crippen LogP contribution in [0.5, 0.6) is 0 Å². The average Bonchev–Trinajstić information content (AvgIpc) is 2.69. The molecule has 4 rings (SSSR count). The molecule has 0 unspecified atom stereocenters. The molecule has 0 atom stereocenters. The molecule has 3 aromatic carbocycles. The third kappa shape index (κ3) is 1.61. The molecule has 0 nitrogen and oxygen atoms in total. The molecule has 0 saturated heterocycles. The first kappa shape index (κ1) is 11.5. The molecule has 0 heteroatoms. The maximum absolute atomic E-state index is 2.35. The van der Waals surface area contributed by atoms with Gasteiger partial charge in [0.25, 0.3) is 0 Å². The van der Waals surface area contributed by atoms with Gasteiger partial charge in [0.1, 0.15) is 0 Å². The molecule has 0 aliphatic heterocycles. The Morgan fingerprint density at radius 1 is 0.700 bits per heavy atom. The van der Waals surface area contributed by atoms with Gasteiger partial charge in [-0.25, -0.2) is 0 Å². The minimum absolute atomic E-state index is 1.04. The maximum atomic E-state index is 2.35. The van der Waals surface area contributed by atoms with E-state index in [1.807, 2.05) is 0 Å². The first-order valence-electron chi connectivity index (χ1n) is 7.12. The highest BCUT2D eigenvalue weighted by Crippen LogP contribution is 2.36. The third-order valence-corrected chi connectivity index (χ3v) is 4.13. The van der Waals surface area contributed by atoms with E-state index in [1.165, 1.54) is 38.2 Å². The number of fused-ring (bicyclic) bond motifs is 6. The van der Waals surface area contributed by atoms with E-state index in [1.54, 1.807) is 0 Å². The van der Waals surface area contributed by atoms with E-state index in [-0.39, 0.29) is 0 Å². The van der Waals surface area contributed by atoms with Gasteiger partial charge in [0, 0.05) is 0 Å². The molecule has 0 spiro atoms. The van der Waals surface area contributed by atoms with Gasteiger partial charge in [0.05, 0.1) is 0 Å². The normalized spacial score (nSPS) is 14.2. The molecule has 96 valence electrons. The highest BCUT2D eigenvalue weighted by molar-refractivity contribution is 6.15. The molecule has 0 bridgehead atoms. The van der Waals surface area contributed by atoms with Gasteiger partial charge in [0.15, 0.2) is 0 Å². The summed E-state index contributed by atoms with van der Waals surface area (Å²) >= 11 is 0. The monoisotopic (exact) mass is 256 g/mol. The predicted molar refractivity (Wildman–Crippen MR) is 88.8 cm³/mol. The van der Waals surface area contributed by atoms with Crippen molar-refractivity contribution in [1.82, 2.24) is 0 Å². The summed E-state index contributed by atoms with van der Waals surface area (Å²) in [5.74, 6) is 0. The summed E-state index contributed by atoms with van der Waals surface area (Å²) in [6.45, 7) is 2.21. The zero-order chi connectivity index (χ0) is 13.5. The summed E-state index contributed by atoms with van der Waals surface area (Å²) in [6, 6.07) is 17.5. The zero-order valence-corrected chi connectivity index (χ0v) is 11.6. The van der Waals surface area contributed by atoms with Gasteiger partial charge in [-0.15, -0.1) is 0 Å². The van der Waals surface area contributed by atoms with Gasteiger partial charge < -0.3 is 0 Å². The molecule has 0 aromatic heterocycles. The van der Waals surface area contributed by atoms with Gasteiger partial charge in [-0.3, -0.25) is 0 Å². The molecule has 0 saturated carbocycles. The summed E-state index contributed by atoms with van der Waals surface area (Å²) in [4.78, 5) is 0. The summed E-state index contributed by atoms with van der Waals surface area (Å²) < 4.78 is 0. The van der Waals surface area contributed by atoms with Gasteiger partial charge >= 0.3 is 0 Å². The Labute approximate surface area is 119 Å². The number of hydrogen-bond donors (Lipinski definition) is 0. The van der Waals surface area contributed by atoms with Crippen molar-refractivity contribution in [3.8, 4) is 0 Å². The van der Waals surface area contributed by atoms with Crippen molar-refractivity contribution in [1.29, 1.82) is 0 Å². The standard InChI is InChI=1S/C20H16/c1-14-7-6-12-19-17-10-3-2-8-15(17)16-9-4-5-11-18(16)20(19)13-14/h2-6,8-13H,7H2,1H3. The second-order valence-corrected chi connectivity index (χ2v) is 5.52. The van der Waals surface area contributed by atoms with Gasteiger partial charge in [-0.2, -0.15) is 0 Å². The molecule has 0 amide bonds. The number of allylic oxidation sites excluding steroid dienone is 2. The lowest BCUT2D eigenvalue weighted by atomic mass is 9.91. The van der Waals surface area contributed by atoms with Crippen molar-refractivity contribution < 1.29 is 0 Å². The highest BCUT2D eigenvalue weighted by Gasteiger charge is 2.12. The second-order valence-electron chi connectivity index (χ2n) is 5.52. The topological polar surface area (TPSA) is 0 Å². The van der Waals surface area contributed by atoms with E-state index in [2.05, 4.69) is 73.7 Å². The van der Waals surface area contributed by atoms with Gasteiger partial charge in [-0.1, -0.05) is 72.3 Å². The second kappa shape index (κ2) is 4.35. The van der Waals surface area contributed by atoms with Crippen molar-refractivity contribution in [2.45, 2.75) is 13.3 Å². The fourth-order valence-corrected chi connectivity index (χ4v) is 3.20. The van der Waals surface area contributed by atoms with Crippen LogP contribution in [-0.2, 0) is 0 Å². The van der Waals surface area contributed by atoms with Crippen LogP contribution in [0.25, 0.3) is 33.7 Å². The Balaban J connectivity index is 2.31. The lowest BCUT2D eigenvalue weighted by Gasteiger charge is -2.12. The Kier molecular flexibility index (Phi) is 2.50. The molecular formula is C20H16. The lowest BCUT2D eigenvalue weighted by Crippen LogP contribution is -1.88. The molecule has 0 heterocycles. The summed E-state index contributed by atoms with van der Waals surface area (Å²) in [7, 11) is 0. The molecule has 1 aliphatic carbocycles. The first-order chi connectivity index (χ1) is 9.84. The van der Waals surface area contributed by atoms with Gasteiger partial charge in [-0.05, 0) is 46.0 Å². The molecular weight excluding hydrogens is 240 g/mol. The van der Waals surface area contributed by atoms with Crippen LogP contribution in [0.2, 0.25) is 0 Å². The number of hydrogen-bond acceptors (Lipinski definition) is 0. The maximum Gasteiger partial charge on any atom is -0.00990 e. The lowest BCUT2D eigenvalue weighted by molar-refractivity contribution is 1.25. The van der Waals surface area contributed by atoms with Crippen molar-refractivity contribution in [2.24, 2.45) is 0 Å². The van der Waals surface area contributed by atoms with Crippen LogP contribution in [-0.4, -0.2) is 0 Å². The number of benzene rings is 3. The van der Waals surface area contributed by atoms with Crippen LogP contribution >= 0.6 is 0 Å².